The van der Waals surface area contributed by atoms with E-state index in [9.17, 15) is 0 Å². The quantitative estimate of drug-likeness (QED) is 0.614. The molecule has 2 aliphatic rings. The molecule has 0 aliphatic heterocycles. The molecule has 0 aromatic carbocycles. The summed E-state index contributed by atoms with van der Waals surface area (Å²) in [7, 11) is 0. The molecule has 3 rings (SSSR count). The predicted molar refractivity (Wildman–Crippen MR) is 80.2 cm³/mol. The first-order valence-electron chi connectivity index (χ1n) is 7.49. The third-order valence-corrected chi connectivity index (χ3v) is 4.36. The van der Waals surface area contributed by atoms with Crippen LogP contribution < -0.4 is 10.6 Å². The molecule has 3 N–H and O–H groups in total. The van der Waals surface area contributed by atoms with Crippen LogP contribution in [0, 0.1) is 31.1 Å². The topological polar surface area (TPSA) is 78.9 Å². The number of aromatic nitrogens is 2. The molecule has 0 radical (unpaired) electrons. The molecule has 5 heteroatoms. The second kappa shape index (κ2) is 5.04. The van der Waals surface area contributed by atoms with Gasteiger partial charge in [-0.2, -0.15) is 5.10 Å². The van der Waals surface area contributed by atoms with Crippen LogP contribution in [0.3, 0.4) is 0 Å². The summed E-state index contributed by atoms with van der Waals surface area (Å²) in [5.74, 6) is 2.50. The van der Waals surface area contributed by atoms with Gasteiger partial charge in [0.2, 0.25) is 0 Å². The number of rotatable bonds is 6. The summed E-state index contributed by atoms with van der Waals surface area (Å²) in [4.78, 5) is 2.32. The molecule has 0 bridgehead atoms. The van der Waals surface area contributed by atoms with E-state index in [-0.39, 0.29) is 5.84 Å². The van der Waals surface area contributed by atoms with Crippen molar-refractivity contribution < 1.29 is 0 Å². The van der Waals surface area contributed by atoms with Crippen molar-refractivity contribution in [3.8, 4) is 0 Å². The Balaban J connectivity index is 1.95. The Morgan fingerprint density at radius 2 is 1.70 bits per heavy atom. The minimum absolute atomic E-state index is 0.104. The maximum Gasteiger partial charge on any atom is 0.162 e. The molecular weight excluding hydrogens is 250 g/mol. The van der Waals surface area contributed by atoms with E-state index >= 15 is 0 Å². The van der Waals surface area contributed by atoms with Gasteiger partial charge in [-0.15, -0.1) is 5.10 Å². The second-order valence-electron chi connectivity index (χ2n) is 6.31. The molecule has 1 aromatic rings. The molecule has 2 fully saturated rings. The van der Waals surface area contributed by atoms with E-state index in [4.69, 9.17) is 11.1 Å². The monoisotopic (exact) mass is 273 g/mol. The van der Waals surface area contributed by atoms with Gasteiger partial charge in [0, 0.05) is 13.1 Å². The zero-order chi connectivity index (χ0) is 14.3. The summed E-state index contributed by atoms with van der Waals surface area (Å²) in [5.41, 5.74) is 8.42. The van der Waals surface area contributed by atoms with Crippen LogP contribution >= 0.6 is 0 Å². The molecule has 0 amide bonds. The lowest BCUT2D eigenvalue weighted by Crippen LogP contribution is -2.32. The van der Waals surface area contributed by atoms with Crippen LogP contribution in [0.4, 0.5) is 5.82 Å². The van der Waals surface area contributed by atoms with Crippen molar-refractivity contribution in [2.24, 2.45) is 17.6 Å². The highest BCUT2D eigenvalue weighted by atomic mass is 15.3. The van der Waals surface area contributed by atoms with Gasteiger partial charge in [-0.1, -0.05) is 0 Å². The van der Waals surface area contributed by atoms with Gasteiger partial charge in [-0.25, -0.2) is 0 Å². The Morgan fingerprint density at radius 1 is 1.15 bits per heavy atom. The van der Waals surface area contributed by atoms with Crippen molar-refractivity contribution in [3.05, 3.63) is 16.8 Å². The number of nitrogens with two attached hydrogens (primary N) is 1. The third-order valence-electron chi connectivity index (χ3n) is 4.36. The normalized spacial score (nSPS) is 18.1. The van der Waals surface area contributed by atoms with Gasteiger partial charge < -0.3 is 10.6 Å². The maximum atomic E-state index is 7.89. The van der Waals surface area contributed by atoms with Gasteiger partial charge in [0.05, 0.1) is 11.3 Å². The number of amidine groups is 1. The van der Waals surface area contributed by atoms with Gasteiger partial charge in [0.25, 0.3) is 0 Å². The lowest BCUT2D eigenvalue weighted by molar-refractivity contribution is 0.664. The molecule has 0 atom stereocenters. The molecule has 20 heavy (non-hydrogen) atoms. The van der Waals surface area contributed by atoms with Gasteiger partial charge in [0.15, 0.2) is 5.82 Å². The SMILES string of the molecule is Cc1nnc(N(CC2CC2)CC2CC2)c(C(=N)N)c1C. The summed E-state index contributed by atoms with van der Waals surface area (Å²) in [6.45, 7) is 5.98. The van der Waals surface area contributed by atoms with Gasteiger partial charge in [0.1, 0.15) is 5.84 Å². The molecular formula is C15H23N5. The minimum Gasteiger partial charge on any atom is -0.384 e. The van der Waals surface area contributed by atoms with Crippen LogP contribution in [0.15, 0.2) is 0 Å². The molecule has 5 nitrogen and oxygen atoms in total. The van der Waals surface area contributed by atoms with Gasteiger partial charge in [-0.3, -0.25) is 5.41 Å². The molecule has 1 heterocycles. The minimum atomic E-state index is 0.104. The van der Waals surface area contributed by atoms with Gasteiger partial charge in [-0.05, 0) is 56.9 Å². The maximum absolute atomic E-state index is 7.89. The zero-order valence-corrected chi connectivity index (χ0v) is 12.3. The number of hydrogen-bond acceptors (Lipinski definition) is 4. The fourth-order valence-corrected chi connectivity index (χ4v) is 2.61. The first-order valence-corrected chi connectivity index (χ1v) is 7.49. The smallest absolute Gasteiger partial charge is 0.162 e. The van der Waals surface area contributed by atoms with Crippen molar-refractivity contribution in [2.45, 2.75) is 39.5 Å². The van der Waals surface area contributed by atoms with Crippen molar-refractivity contribution in [2.75, 3.05) is 18.0 Å². The highest BCUT2D eigenvalue weighted by Crippen LogP contribution is 2.36. The van der Waals surface area contributed by atoms with E-state index in [0.717, 1.165) is 47.6 Å². The summed E-state index contributed by atoms with van der Waals surface area (Å²) in [6, 6.07) is 0. The van der Waals surface area contributed by atoms with Crippen LogP contribution in [-0.2, 0) is 0 Å². The van der Waals surface area contributed by atoms with Crippen LogP contribution in [-0.4, -0.2) is 29.1 Å². The summed E-state index contributed by atoms with van der Waals surface area (Å²) >= 11 is 0. The van der Waals surface area contributed by atoms with Crippen LogP contribution in [0.1, 0.15) is 42.5 Å². The first-order chi connectivity index (χ1) is 9.56. The first kappa shape index (κ1) is 13.3. The van der Waals surface area contributed by atoms with Crippen LogP contribution in [0.5, 0.6) is 0 Å². The lowest BCUT2D eigenvalue weighted by atomic mass is 10.1. The van der Waals surface area contributed by atoms with Crippen molar-refractivity contribution in [1.29, 1.82) is 5.41 Å². The number of nitrogens with one attached hydrogen (secondary N) is 1. The van der Waals surface area contributed by atoms with Crippen molar-refractivity contribution >= 4 is 11.7 Å². The van der Waals surface area contributed by atoms with E-state index in [1.165, 1.54) is 25.7 Å². The Morgan fingerprint density at radius 3 is 2.15 bits per heavy atom. The summed E-state index contributed by atoms with van der Waals surface area (Å²) in [6.07, 6.45) is 5.26. The second-order valence-corrected chi connectivity index (χ2v) is 6.31. The average Bonchev–Trinajstić information content (AvgIpc) is 3.26. The van der Waals surface area contributed by atoms with Crippen molar-refractivity contribution in [3.63, 3.8) is 0 Å². The lowest BCUT2D eigenvalue weighted by Gasteiger charge is -2.26. The fourth-order valence-electron chi connectivity index (χ4n) is 2.61. The number of aryl methyl sites for hydroxylation is 1. The summed E-state index contributed by atoms with van der Waals surface area (Å²) < 4.78 is 0. The number of nitrogens with zero attached hydrogens (tertiary/aromatic N) is 3. The van der Waals surface area contributed by atoms with Crippen molar-refractivity contribution in [1.82, 2.24) is 10.2 Å². The van der Waals surface area contributed by atoms with E-state index in [1.54, 1.807) is 0 Å². The third kappa shape index (κ3) is 2.76. The number of nitrogen functional groups attached to an aromatic ring is 1. The Kier molecular flexibility index (Phi) is 3.36. The molecule has 0 saturated heterocycles. The van der Waals surface area contributed by atoms with E-state index in [1.807, 2.05) is 13.8 Å². The Labute approximate surface area is 120 Å². The molecule has 0 spiro atoms. The Hall–Kier alpha value is -1.65. The van der Waals surface area contributed by atoms with E-state index < -0.39 is 0 Å². The van der Waals surface area contributed by atoms with E-state index in [0.29, 0.717) is 0 Å². The average molecular weight is 273 g/mol. The number of hydrogen-bond donors (Lipinski definition) is 2. The number of anilines is 1. The molecule has 2 saturated carbocycles. The molecule has 0 unspecified atom stereocenters. The highest BCUT2D eigenvalue weighted by molar-refractivity contribution is 6.01. The van der Waals surface area contributed by atoms with Crippen LogP contribution in [0.2, 0.25) is 0 Å². The molecule has 1 aromatic heterocycles. The molecule has 108 valence electrons. The predicted octanol–water partition coefficient (Wildman–Crippen LogP) is 2.00. The van der Waals surface area contributed by atoms with E-state index in [2.05, 4.69) is 15.1 Å². The van der Waals surface area contributed by atoms with Gasteiger partial charge >= 0.3 is 0 Å². The standard InChI is InChI=1S/C15H23N5/c1-9-10(2)18-19-15(13(9)14(16)17)20(7-11-3-4-11)8-12-5-6-12/h11-12H,3-8H2,1-2H3,(H3,16,17). The molecule has 2 aliphatic carbocycles. The Bertz CT molecular complexity index is 517. The highest BCUT2D eigenvalue weighted by Gasteiger charge is 2.31. The fraction of sp³-hybridized carbons (Fsp3) is 0.667. The zero-order valence-electron chi connectivity index (χ0n) is 12.3. The largest absolute Gasteiger partial charge is 0.384 e. The van der Waals surface area contributed by atoms with Crippen LogP contribution in [0.25, 0.3) is 0 Å². The summed E-state index contributed by atoms with van der Waals surface area (Å²) in [5, 5.41) is 16.5.